The van der Waals surface area contributed by atoms with Gasteiger partial charge in [-0.15, -0.1) is 6.58 Å². The maximum absolute atomic E-state index is 12.8. The summed E-state index contributed by atoms with van der Waals surface area (Å²) in [5.41, 5.74) is -0.328. The van der Waals surface area contributed by atoms with E-state index in [0.717, 1.165) is 0 Å². The lowest BCUT2D eigenvalue weighted by Gasteiger charge is -2.26. The average Bonchev–Trinajstić information content (AvgIpc) is 2.52. The van der Waals surface area contributed by atoms with Gasteiger partial charge in [-0.2, -0.15) is 13.2 Å². The first-order valence-corrected chi connectivity index (χ1v) is 7.46. The van der Waals surface area contributed by atoms with E-state index in [0.29, 0.717) is 11.3 Å². The van der Waals surface area contributed by atoms with Gasteiger partial charge in [0.25, 0.3) is 11.6 Å². The SMILES string of the molecule is C=CCCOC(C)C(=O)N(Cc1ccccc1[N+](=O)[O-])CC(F)(F)F. The molecule has 0 aliphatic carbocycles. The van der Waals surface area contributed by atoms with Crippen LogP contribution in [0.4, 0.5) is 18.9 Å². The van der Waals surface area contributed by atoms with Crippen LogP contribution in [0, 0.1) is 10.1 Å². The van der Waals surface area contributed by atoms with Crippen LogP contribution in [0.5, 0.6) is 0 Å². The van der Waals surface area contributed by atoms with Crippen molar-refractivity contribution in [2.75, 3.05) is 13.2 Å². The zero-order valence-corrected chi connectivity index (χ0v) is 13.7. The molecule has 9 heteroatoms. The predicted octanol–water partition coefficient (Wildman–Crippen LogP) is 3.47. The monoisotopic (exact) mass is 360 g/mol. The van der Waals surface area contributed by atoms with Gasteiger partial charge in [-0.05, 0) is 13.3 Å². The van der Waals surface area contributed by atoms with E-state index < -0.39 is 36.2 Å². The topological polar surface area (TPSA) is 72.7 Å². The standard InChI is InChI=1S/C16H19F3N2O4/c1-3-4-9-25-12(2)15(22)20(11-16(17,18)19)10-13-7-5-6-8-14(13)21(23)24/h3,5-8,12H,1,4,9-11H2,2H3. The Morgan fingerprint density at radius 3 is 2.64 bits per heavy atom. The predicted molar refractivity (Wildman–Crippen MR) is 84.8 cm³/mol. The highest BCUT2D eigenvalue weighted by Gasteiger charge is 2.35. The van der Waals surface area contributed by atoms with Gasteiger partial charge in [-0.3, -0.25) is 14.9 Å². The molecule has 0 heterocycles. The number of rotatable bonds is 9. The highest BCUT2D eigenvalue weighted by molar-refractivity contribution is 5.80. The van der Waals surface area contributed by atoms with Crippen molar-refractivity contribution in [3.63, 3.8) is 0 Å². The quantitative estimate of drug-likeness (QED) is 0.293. The second-order valence-electron chi connectivity index (χ2n) is 5.29. The van der Waals surface area contributed by atoms with Gasteiger partial charge in [0.1, 0.15) is 12.6 Å². The third-order valence-corrected chi connectivity index (χ3v) is 3.27. The van der Waals surface area contributed by atoms with Crippen LogP contribution in [-0.4, -0.2) is 41.2 Å². The summed E-state index contributed by atoms with van der Waals surface area (Å²) in [6, 6.07) is 5.36. The van der Waals surface area contributed by atoms with Crippen LogP contribution < -0.4 is 0 Å². The zero-order chi connectivity index (χ0) is 19.0. The number of para-hydroxylation sites is 1. The first-order chi connectivity index (χ1) is 11.7. The number of nitro benzene ring substituents is 1. The van der Waals surface area contributed by atoms with Crippen LogP contribution in [0.25, 0.3) is 0 Å². The maximum Gasteiger partial charge on any atom is 0.406 e. The Morgan fingerprint density at radius 1 is 1.44 bits per heavy atom. The normalized spacial score (nSPS) is 12.5. The molecule has 6 nitrogen and oxygen atoms in total. The molecule has 1 aromatic rings. The Morgan fingerprint density at radius 2 is 2.08 bits per heavy atom. The Bertz CT molecular complexity index is 620. The fourth-order valence-corrected chi connectivity index (χ4v) is 2.11. The van der Waals surface area contributed by atoms with E-state index in [-0.39, 0.29) is 17.9 Å². The van der Waals surface area contributed by atoms with Crippen molar-refractivity contribution in [1.82, 2.24) is 4.90 Å². The molecule has 0 saturated heterocycles. The molecule has 0 fully saturated rings. The van der Waals surface area contributed by atoms with Crippen molar-refractivity contribution in [2.24, 2.45) is 0 Å². The number of benzene rings is 1. The third-order valence-electron chi connectivity index (χ3n) is 3.27. The van der Waals surface area contributed by atoms with Crippen molar-refractivity contribution in [3.8, 4) is 0 Å². The van der Waals surface area contributed by atoms with Crippen LogP contribution in [0.3, 0.4) is 0 Å². The van der Waals surface area contributed by atoms with Gasteiger partial charge in [0.05, 0.1) is 18.1 Å². The highest BCUT2D eigenvalue weighted by Crippen LogP contribution is 2.23. The Kier molecular flexibility index (Phi) is 7.56. The third kappa shape index (κ3) is 6.92. The highest BCUT2D eigenvalue weighted by atomic mass is 19.4. The lowest BCUT2D eigenvalue weighted by atomic mass is 10.1. The summed E-state index contributed by atoms with van der Waals surface area (Å²) in [7, 11) is 0. The summed E-state index contributed by atoms with van der Waals surface area (Å²) in [6.45, 7) is 2.90. The molecular weight excluding hydrogens is 341 g/mol. The molecule has 25 heavy (non-hydrogen) atoms. The van der Waals surface area contributed by atoms with E-state index in [9.17, 15) is 28.1 Å². The molecule has 0 radical (unpaired) electrons. The molecule has 1 unspecified atom stereocenters. The van der Waals surface area contributed by atoms with Crippen LogP contribution in [-0.2, 0) is 16.1 Å². The first-order valence-electron chi connectivity index (χ1n) is 7.46. The molecule has 1 atom stereocenters. The number of hydrogen-bond acceptors (Lipinski definition) is 4. The second-order valence-corrected chi connectivity index (χ2v) is 5.29. The summed E-state index contributed by atoms with van der Waals surface area (Å²) >= 11 is 0. The Hall–Kier alpha value is -2.42. The van der Waals surface area contributed by atoms with Crippen LogP contribution >= 0.6 is 0 Å². The summed E-state index contributed by atoms with van der Waals surface area (Å²) in [5.74, 6) is -0.889. The summed E-state index contributed by atoms with van der Waals surface area (Å²) in [5, 5.41) is 11.0. The number of amides is 1. The van der Waals surface area contributed by atoms with Gasteiger partial charge in [-0.25, -0.2) is 0 Å². The van der Waals surface area contributed by atoms with Crippen molar-refractivity contribution < 1.29 is 27.6 Å². The summed E-state index contributed by atoms with van der Waals surface area (Å²) < 4.78 is 43.6. The number of nitro groups is 1. The van der Waals surface area contributed by atoms with Crippen molar-refractivity contribution >= 4 is 11.6 Å². The van der Waals surface area contributed by atoms with Gasteiger partial charge in [-0.1, -0.05) is 24.3 Å². The van der Waals surface area contributed by atoms with Crippen LogP contribution in [0.1, 0.15) is 18.9 Å². The lowest BCUT2D eigenvalue weighted by molar-refractivity contribution is -0.385. The molecule has 0 bridgehead atoms. The first kappa shape index (κ1) is 20.6. The van der Waals surface area contributed by atoms with Gasteiger partial charge < -0.3 is 9.64 Å². The maximum atomic E-state index is 12.8. The number of carbonyl (C=O) groups excluding carboxylic acids is 1. The number of hydrogen-bond donors (Lipinski definition) is 0. The minimum atomic E-state index is -4.64. The van der Waals surface area contributed by atoms with Gasteiger partial charge in [0, 0.05) is 11.6 Å². The molecule has 0 aromatic heterocycles. The Balaban J connectivity index is 2.99. The van der Waals surface area contributed by atoms with Crippen molar-refractivity contribution in [3.05, 3.63) is 52.6 Å². The van der Waals surface area contributed by atoms with Crippen molar-refractivity contribution in [2.45, 2.75) is 32.2 Å². The van der Waals surface area contributed by atoms with Crippen LogP contribution in [0.15, 0.2) is 36.9 Å². The van der Waals surface area contributed by atoms with Gasteiger partial charge in [0.15, 0.2) is 0 Å². The lowest BCUT2D eigenvalue weighted by Crippen LogP contribution is -2.43. The van der Waals surface area contributed by atoms with E-state index in [1.54, 1.807) is 6.08 Å². The fourth-order valence-electron chi connectivity index (χ4n) is 2.11. The zero-order valence-electron chi connectivity index (χ0n) is 13.7. The largest absolute Gasteiger partial charge is 0.406 e. The summed E-state index contributed by atoms with van der Waals surface area (Å²) in [6.07, 6.45) is -3.75. The van der Waals surface area contributed by atoms with Crippen molar-refractivity contribution in [1.29, 1.82) is 0 Å². The molecule has 138 valence electrons. The van der Waals surface area contributed by atoms with Crippen LogP contribution in [0.2, 0.25) is 0 Å². The average molecular weight is 360 g/mol. The molecule has 0 aliphatic heterocycles. The number of alkyl halides is 3. The van der Waals surface area contributed by atoms with E-state index in [2.05, 4.69) is 6.58 Å². The number of halogens is 3. The summed E-state index contributed by atoms with van der Waals surface area (Å²) in [4.78, 5) is 23.1. The number of nitrogens with zero attached hydrogens (tertiary/aromatic N) is 2. The molecule has 1 aromatic carbocycles. The molecule has 0 aliphatic rings. The minimum absolute atomic E-state index is 0.0170. The van der Waals surface area contributed by atoms with Gasteiger partial charge >= 0.3 is 6.18 Å². The van der Waals surface area contributed by atoms with E-state index >= 15 is 0 Å². The molecule has 1 rings (SSSR count). The molecule has 0 spiro atoms. The minimum Gasteiger partial charge on any atom is -0.368 e. The van der Waals surface area contributed by atoms with Gasteiger partial charge in [0.2, 0.25) is 0 Å². The van der Waals surface area contributed by atoms with E-state index in [1.807, 2.05) is 0 Å². The van der Waals surface area contributed by atoms with E-state index in [4.69, 9.17) is 4.74 Å². The Labute approximate surface area is 143 Å². The second kappa shape index (κ2) is 9.16. The number of ether oxygens (including phenoxy) is 1. The fraction of sp³-hybridized carbons (Fsp3) is 0.438. The molecular formula is C16H19F3N2O4. The number of carbonyl (C=O) groups is 1. The molecule has 0 saturated carbocycles. The van der Waals surface area contributed by atoms with E-state index in [1.165, 1.54) is 31.2 Å². The smallest absolute Gasteiger partial charge is 0.368 e. The molecule has 0 N–H and O–H groups in total. The molecule has 1 amide bonds.